The Kier molecular flexibility index (Phi) is 6.86. The quantitative estimate of drug-likeness (QED) is 0.618. The second-order valence-electron chi connectivity index (χ2n) is 9.19. The summed E-state index contributed by atoms with van der Waals surface area (Å²) in [6.45, 7) is 4.35. The van der Waals surface area contributed by atoms with E-state index in [2.05, 4.69) is 5.32 Å². The van der Waals surface area contributed by atoms with Crippen molar-refractivity contribution in [3.63, 3.8) is 0 Å². The molecule has 0 unspecified atom stereocenters. The third-order valence-corrected chi connectivity index (χ3v) is 7.10. The summed E-state index contributed by atoms with van der Waals surface area (Å²) in [5.41, 5.74) is 10.5. The number of methoxy groups -OCH3 is 2. The number of carbonyl (C=O) groups excluding carboxylic acids is 3. The lowest BCUT2D eigenvalue weighted by Crippen LogP contribution is -2.51. The van der Waals surface area contributed by atoms with Gasteiger partial charge in [-0.15, -0.1) is 0 Å². The third kappa shape index (κ3) is 4.76. The lowest BCUT2D eigenvalue weighted by molar-refractivity contribution is 0.0600. The molecule has 35 heavy (non-hydrogen) atoms. The number of amides is 4. The van der Waals surface area contributed by atoms with Crippen molar-refractivity contribution in [2.45, 2.75) is 58.2 Å². The molecule has 0 atom stereocenters. The van der Waals surface area contributed by atoms with E-state index < -0.39 is 12.0 Å². The summed E-state index contributed by atoms with van der Waals surface area (Å²) < 4.78 is 10.2. The number of esters is 1. The number of carbonyl (C=O) groups is 3. The van der Waals surface area contributed by atoms with Crippen molar-refractivity contribution in [3.8, 4) is 5.75 Å². The van der Waals surface area contributed by atoms with Crippen LogP contribution in [-0.4, -0.2) is 49.2 Å². The topological polar surface area (TPSA) is 114 Å². The van der Waals surface area contributed by atoms with Crippen LogP contribution >= 0.6 is 0 Å². The van der Waals surface area contributed by atoms with Crippen molar-refractivity contribution in [2.75, 3.05) is 24.4 Å². The molecule has 1 fully saturated rings. The van der Waals surface area contributed by atoms with Gasteiger partial charge in [0, 0.05) is 29.5 Å². The standard InChI is InChI=1S/C26H32N4O5/c1-15-5-6-20(13-23(15)34-3)30(25(27)32)19-9-7-18(8-10-19)29-14-21-16(2)11-17(24(31)35-4)12-22(21)28-26(29)33/h5-6,11-13,18-19H,7-10,14H2,1-4H3,(H2,27,32)(H,28,33). The summed E-state index contributed by atoms with van der Waals surface area (Å²) in [6, 6.07) is 8.40. The summed E-state index contributed by atoms with van der Waals surface area (Å²) in [5.74, 6) is 0.271. The molecule has 186 valence electrons. The van der Waals surface area contributed by atoms with Gasteiger partial charge in [-0.2, -0.15) is 0 Å². The average Bonchev–Trinajstić information content (AvgIpc) is 2.84. The van der Waals surface area contributed by atoms with Gasteiger partial charge in [0.2, 0.25) is 0 Å². The fourth-order valence-electron chi connectivity index (χ4n) is 5.20. The molecule has 0 radical (unpaired) electrons. The van der Waals surface area contributed by atoms with Crippen LogP contribution in [-0.2, 0) is 11.3 Å². The van der Waals surface area contributed by atoms with Gasteiger partial charge in [-0.1, -0.05) is 6.07 Å². The van der Waals surface area contributed by atoms with Gasteiger partial charge in [-0.3, -0.25) is 4.90 Å². The predicted octanol–water partition coefficient (Wildman–Crippen LogP) is 4.34. The Morgan fingerprint density at radius 2 is 1.77 bits per heavy atom. The Labute approximate surface area is 205 Å². The number of primary amides is 1. The first-order valence-electron chi connectivity index (χ1n) is 11.8. The highest BCUT2D eigenvalue weighted by atomic mass is 16.5. The molecule has 3 N–H and O–H groups in total. The molecular weight excluding hydrogens is 448 g/mol. The third-order valence-electron chi connectivity index (χ3n) is 7.10. The van der Waals surface area contributed by atoms with Crippen LogP contribution in [0.3, 0.4) is 0 Å². The summed E-state index contributed by atoms with van der Waals surface area (Å²) in [5, 5.41) is 2.94. The molecule has 0 aromatic heterocycles. The first kappa shape index (κ1) is 24.4. The molecule has 1 heterocycles. The molecule has 1 saturated carbocycles. The van der Waals surface area contributed by atoms with E-state index in [1.54, 1.807) is 24.1 Å². The first-order chi connectivity index (χ1) is 16.7. The largest absolute Gasteiger partial charge is 0.496 e. The molecule has 9 nitrogen and oxygen atoms in total. The van der Waals surface area contributed by atoms with E-state index in [-0.39, 0.29) is 18.1 Å². The van der Waals surface area contributed by atoms with Crippen LogP contribution in [0, 0.1) is 13.8 Å². The zero-order valence-corrected chi connectivity index (χ0v) is 20.6. The number of nitrogens with zero attached hydrogens (tertiary/aromatic N) is 2. The van der Waals surface area contributed by atoms with E-state index in [1.807, 2.05) is 36.9 Å². The van der Waals surface area contributed by atoms with Gasteiger partial charge in [0.15, 0.2) is 0 Å². The maximum Gasteiger partial charge on any atom is 0.337 e. The minimum Gasteiger partial charge on any atom is -0.496 e. The number of nitrogens with one attached hydrogen (secondary N) is 1. The van der Waals surface area contributed by atoms with Gasteiger partial charge in [-0.05, 0) is 74.4 Å². The first-order valence-corrected chi connectivity index (χ1v) is 11.8. The van der Waals surface area contributed by atoms with Crippen molar-refractivity contribution in [2.24, 2.45) is 5.73 Å². The predicted molar refractivity (Wildman–Crippen MR) is 133 cm³/mol. The van der Waals surface area contributed by atoms with Crippen LogP contribution in [0.5, 0.6) is 5.75 Å². The van der Waals surface area contributed by atoms with Crippen LogP contribution in [0.1, 0.15) is 52.7 Å². The lowest BCUT2D eigenvalue weighted by Gasteiger charge is -2.42. The molecule has 2 aromatic rings. The number of benzene rings is 2. The van der Waals surface area contributed by atoms with Gasteiger partial charge in [-0.25, -0.2) is 14.4 Å². The molecular formula is C26H32N4O5. The number of aryl methyl sites for hydroxylation is 2. The highest BCUT2D eigenvalue weighted by Gasteiger charge is 2.36. The molecule has 1 aliphatic carbocycles. The summed E-state index contributed by atoms with van der Waals surface area (Å²) >= 11 is 0. The van der Waals surface area contributed by atoms with Gasteiger partial charge >= 0.3 is 18.0 Å². The number of anilines is 2. The van der Waals surface area contributed by atoms with Crippen molar-refractivity contribution in [1.29, 1.82) is 0 Å². The van der Waals surface area contributed by atoms with Gasteiger partial charge in [0.1, 0.15) is 5.75 Å². The number of hydrogen-bond acceptors (Lipinski definition) is 5. The maximum absolute atomic E-state index is 13.0. The number of urea groups is 2. The minimum absolute atomic E-state index is 0.0429. The zero-order valence-electron chi connectivity index (χ0n) is 20.6. The highest BCUT2D eigenvalue weighted by Crippen LogP contribution is 2.35. The molecule has 0 bridgehead atoms. The van der Waals surface area contributed by atoms with Crippen molar-refractivity contribution in [3.05, 3.63) is 52.6 Å². The number of nitrogens with two attached hydrogens (primary N) is 1. The summed E-state index contributed by atoms with van der Waals surface area (Å²) in [4.78, 5) is 40.8. The number of ether oxygens (including phenoxy) is 2. The molecule has 2 aliphatic rings. The van der Waals surface area contributed by atoms with Gasteiger partial charge in [0.05, 0.1) is 26.3 Å². The second-order valence-corrected chi connectivity index (χ2v) is 9.19. The molecule has 0 spiro atoms. The Hall–Kier alpha value is -3.75. The Morgan fingerprint density at radius 1 is 1.06 bits per heavy atom. The Morgan fingerprint density at radius 3 is 2.40 bits per heavy atom. The zero-order chi connectivity index (χ0) is 25.3. The summed E-state index contributed by atoms with van der Waals surface area (Å²) in [6.07, 6.45) is 2.94. The van der Waals surface area contributed by atoms with Crippen LogP contribution < -0.4 is 20.7 Å². The number of rotatable bonds is 5. The number of fused-ring (bicyclic) bond motifs is 1. The number of hydrogen-bond donors (Lipinski definition) is 2. The molecule has 4 rings (SSSR count). The van der Waals surface area contributed by atoms with Crippen molar-refractivity contribution >= 4 is 29.4 Å². The molecule has 0 saturated heterocycles. The Bertz CT molecular complexity index is 1160. The van der Waals surface area contributed by atoms with Gasteiger partial charge in [0.25, 0.3) is 0 Å². The van der Waals surface area contributed by atoms with Crippen molar-refractivity contribution in [1.82, 2.24) is 4.90 Å². The minimum atomic E-state index is -0.499. The SMILES string of the molecule is COC(=O)c1cc(C)c2c(c1)NC(=O)N(C1CCC(N(C(N)=O)c3ccc(C)c(OC)c3)CC1)C2. The van der Waals surface area contributed by atoms with E-state index >= 15 is 0 Å². The van der Waals surface area contributed by atoms with E-state index in [0.29, 0.717) is 29.2 Å². The fourth-order valence-corrected chi connectivity index (χ4v) is 5.20. The van der Waals surface area contributed by atoms with Crippen LogP contribution in [0.15, 0.2) is 30.3 Å². The smallest absolute Gasteiger partial charge is 0.337 e. The van der Waals surface area contributed by atoms with E-state index in [0.717, 1.165) is 42.4 Å². The fraction of sp³-hybridized carbons (Fsp3) is 0.423. The maximum atomic E-state index is 13.0. The molecule has 4 amide bonds. The average molecular weight is 481 g/mol. The van der Waals surface area contributed by atoms with E-state index in [1.165, 1.54) is 7.11 Å². The normalized spacial score (nSPS) is 19.4. The monoisotopic (exact) mass is 480 g/mol. The molecule has 9 heteroatoms. The van der Waals surface area contributed by atoms with Gasteiger partial charge < -0.3 is 25.4 Å². The second kappa shape index (κ2) is 9.85. The van der Waals surface area contributed by atoms with Crippen LogP contribution in [0.4, 0.5) is 21.0 Å². The van der Waals surface area contributed by atoms with Crippen LogP contribution in [0.25, 0.3) is 0 Å². The van der Waals surface area contributed by atoms with E-state index in [4.69, 9.17) is 15.2 Å². The molecule has 2 aromatic carbocycles. The Balaban J connectivity index is 1.48. The summed E-state index contributed by atoms with van der Waals surface area (Å²) in [7, 11) is 2.94. The van der Waals surface area contributed by atoms with Crippen LogP contribution in [0.2, 0.25) is 0 Å². The molecule has 1 aliphatic heterocycles. The highest BCUT2D eigenvalue weighted by molar-refractivity contribution is 5.97. The van der Waals surface area contributed by atoms with Crippen molar-refractivity contribution < 1.29 is 23.9 Å². The van der Waals surface area contributed by atoms with E-state index in [9.17, 15) is 14.4 Å². The lowest BCUT2D eigenvalue weighted by atomic mass is 9.88.